The molecular formula is C17H26N2O2. The predicted molar refractivity (Wildman–Crippen MR) is 85.2 cm³/mol. The van der Waals surface area contributed by atoms with E-state index in [0.717, 1.165) is 30.8 Å². The Morgan fingerprint density at radius 2 is 1.95 bits per heavy atom. The quantitative estimate of drug-likeness (QED) is 0.873. The van der Waals surface area contributed by atoms with Crippen LogP contribution >= 0.6 is 0 Å². The van der Waals surface area contributed by atoms with Crippen molar-refractivity contribution >= 4 is 11.7 Å². The lowest BCUT2D eigenvalue weighted by atomic mass is 9.80. The fourth-order valence-electron chi connectivity index (χ4n) is 2.70. The second kappa shape index (κ2) is 6.06. The normalized spacial score (nSPS) is 20.4. The van der Waals surface area contributed by atoms with Crippen LogP contribution < -0.4 is 5.32 Å². The summed E-state index contributed by atoms with van der Waals surface area (Å²) in [6.45, 7) is 10.1. The second-order valence-electron chi connectivity index (χ2n) is 7.03. The van der Waals surface area contributed by atoms with Gasteiger partial charge in [-0.3, -0.25) is 0 Å². The molecule has 21 heavy (non-hydrogen) atoms. The molecule has 0 saturated carbocycles. The van der Waals surface area contributed by atoms with Crippen LogP contribution in [0.5, 0.6) is 0 Å². The molecule has 2 unspecified atom stereocenters. The van der Waals surface area contributed by atoms with Crippen LogP contribution in [0.2, 0.25) is 0 Å². The highest BCUT2D eigenvalue weighted by atomic mass is 16.3. The number of aliphatic hydroxyl groups excluding tert-OH is 1. The van der Waals surface area contributed by atoms with Gasteiger partial charge >= 0.3 is 6.03 Å². The zero-order valence-electron chi connectivity index (χ0n) is 13.4. The van der Waals surface area contributed by atoms with Gasteiger partial charge in [-0.25, -0.2) is 4.79 Å². The maximum absolute atomic E-state index is 12.3. The Balaban J connectivity index is 1.93. The molecule has 0 spiro atoms. The molecule has 4 heteroatoms. The van der Waals surface area contributed by atoms with Gasteiger partial charge in [0.25, 0.3) is 0 Å². The summed E-state index contributed by atoms with van der Waals surface area (Å²) in [5.74, 6) is 0.556. The maximum atomic E-state index is 12.3. The average molecular weight is 290 g/mol. The number of amides is 2. The first-order valence-electron chi connectivity index (χ1n) is 7.61. The first-order chi connectivity index (χ1) is 9.77. The number of nitrogens with zero attached hydrogens (tertiary/aromatic N) is 1. The zero-order valence-corrected chi connectivity index (χ0v) is 13.4. The first kappa shape index (κ1) is 15.8. The Hall–Kier alpha value is -1.55. The third-order valence-corrected chi connectivity index (χ3v) is 4.34. The number of benzene rings is 1. The van der Waals surface area contributed by atoms with Crippen LogP contribution in [0.4, 0.5) is 10.5 Å². The van der Waals surface area contributed by atoms with E-state index < -0.39 is 6.10 Å². The summed E-state index contributed by atoms with van der Waals surface area (Å²) in [4.78, 5) is 14.2. The van der Waals surface area contributed by atoms with E-state index in [1.54, 1.807) is 6.92 Å². The van der Waals surface area contributed by atoms with Gasteiger partial charge in [0.2, 0.25) is 0 Å². The van der Waals surface area contributed by atoms with Crippen molar-refractivity contribution in [2.24, 2.45) is 11.3 Å². The van der Waals surface area contributed by atoms with E-state index >= 15 is 0 Å². The third kappa shape index (κ3) is 3.97. The lowest BCUT2D eigenvalue weighted by Crippen LogP contribution is -2.34. The van der Waals surface area contributed by atoms with Crippen LogP contribution in [0, 0.1) is 11.3 Å². The largest absolute Gasteiger partial charge is 0.389 e. The number of hydrogen-bond donors (Lipinski definition) is 2. The van der Waals surface area contributed by atoms with Crippen molar-refractivity contribution in [2.45, 2.75) is 40.2 Å². The minimum absolute atomic E-state index is 0.0356. The Morgan fingerprint density at radius 3 is 2.43 bits per heavy atom. The second-order valence-corrected chi connectivity index (χ2v) is 7.03. The number of urea groups is 1. The number of carbonyl (C=O) groups excluding carboxylic acids is 1. The minimum Gasteiger partial charge on any atom is -0.389 e. The van der Waals surface area contributed by atoms with Crippen LogP contribution in [0.15, 0.2) is 24.3 Å². The summed E-state index contributed by atoms with van der Waals surface area (Å²) in [6.07, 6.45) is 0.582. The van der Waals surface area contributed by atoms with Crippen LogP contribution in [0.3, 0.4) is 0 Å². The smallest absolute Gasteiger partial charge is 0.321 e. The minimum atomic E-state index is -0.485. The average Bonchev–Trinajstić information content (AvgIpc) is 2.88. The van der Waals surface area contributed by atoms with E-state index in [0.29, 0.717) is 5.92 Å². The van der Waals surface area contributed by atoms with Crippen LogP contribution in [0.1, 0.15) is 45.8 Å². The maximum Gasteiger partial charge on any atom is 0.321 e. The summed E-state index contributed by atoms with van der Waals surface area (Å²) < 4.78 is 0. The van der Waals surface area contributed by atoms with Gasteiger partial charge in [0, 0.05) is 18.8 Å². The summed E-state index contributed by atoms with van der Waals surface area (Å²) in [7, 11) is 0. The Labute approximate surface area is 127 Å². The molecule has 1 fully saturated rings. The summed E-state index contributed by atoms with van der Waals surface area (Å²) >= 11 is 0. The first-order valence-corrected chi connectivity index (χ1v) is 7.61. The highest BCUT2D eigenvalue weighted by Gasteiger charge is 2.33. The standard InChI is InChI=1S/C17H26N2O2/c1-12(20)13-5-7-15(8-6-13)18-16(21)19-10-9-14(11-19)17(2,3)4/h5-8,12,14,20H,9-11H2,1-4H3,(H,18,21). The van der Waals surface area contributed by atoms with E-state index in [2.05, 4.69) is 26.1 Å². The van der Waals surface area contributed by atoms with Crippen molar-refractivity contribution in [3.05, 3.63) is 29.8 Å². The van der Waals surface area contributed by atoms with Crippen molar-refractivity contribution in [1.82, 2.24) is 4.90 Å². The number of nitrogens with one attached hydrogen (secondary N) is 1. The van der Waals surface area contributed by atoms with Gasteiger partial charge in [-0.2, -0.15) is 0 Å². The van der Waals surface area contributed by atoms with E-state index in [1.807, 2.05) is 29.2 Å². The van der Waals surface area contributed by atoms with Crippen LogP contribution in [-0.2, 0) is 0 Å². The molecule has 1 saturated heterocycles. The van der Waals surface area contributed by atoms with Crippen molar-refractivity contribution in [2.75, 3.05) is 18.4 Å². The molecule has 0 radical (unpaired) electrons. The molecule has 0 aromatic heterocycles. The Bertz CT molecular complexity index is 489. The molecule has 0 bridgehead atoms. The molecule has 4 nitrogen and oxygen atoms in total. The molecule has 2 amide bonds. The topological polar surface area (TPSA) is 52.6 Å². The van der Waals surface area contributed by atoms with Gasteiger partial charge in [-0.15, -0.1) is 0 Å². The van der Waals surface area contributed by atoms with E-state index in [4.69, 9.17) is 0 Å². The molecule has 0 aliphatic carbocycles. The summed E-state index contributed by atoms with van der Waals surface area (Å²) in [5, 5.41) is 12.4. The number of aliphatic hydroxyl groups is 1. The van der Waals surface area contributed by atoms with Crippen LogP contribution in [-0.4, -0.2) is 29.1 Å². The van der Waals surface area contributed by atoms with Crippen LogP contribution in [0.25, 0.3) is 0 Å². The van der Waals surface area contributed by atoms with E-state index in [1.165, 1.54) is 0 Å². The molecule has 2 N–H and O–H groups in total. The molecule has 1 aliphatic heterocycles. The lowest BCUT2D eigenvalue weighted by molar-refractivity contribution is 0.199. The number of hydrogen-bond acceptors (Lipinski definition) is 2. The molecular weight excluding hydrogens is 264 g/mol. The van der Waals surface area contributed by atoms with E-state index in [9.17, 15) is 9.90 Å². The van der Waals surface area contributed by atoms with Gasteiger partial charge in [0.05, 0.1) is 6.10 Å². The van der Waals surface area contributed by atoms with Gasteiger partial charge in [0.15, 0.2) is 0 Å². The molecule has 116 valence electrons. The monoisotopic (exact) mass is 290 g/mol. The van der Waals surface area contributed by atoms with Crippen molar-refractivity contribution in [3.8, 4) is 0 Å². The van der Waals surface area contributed by atoms with Gasteiger partial charge in [0.1, 0.15) is 0 Å². The lowest BCUT2D eigenvalue weighted by Gasteiger charge is -2.27. The molecule has 1 aliphatic rings. The number of likely N-dealkylation sites (tertiary alicyclic amines) is 1. The van der Waals surface area contributed by atoms with Crippen molar-refractivity contribution < 1.29 is 9.90 Å². The summed E-state index contributed by atoms with van der Waals surface area (Å²) in [5.41, 5.74) is 1.86. The number of rotatable bonds is 2. The third-order valence-electron chi connectivity index (χ3n) is 4.34. The zero-order chi connectivity index (χ0) is 15.6. The highest BCUT2D eigenvalue weighted by molar-refractivity contribution is 5.89. The van der Waals surface area contributed by atoms with E-state index in [-0.39, 0.29) is 11.4 Å². The Kier molecular flexibility index (Phi) is 4.57. The predicted octanol–water partition coefficient (Wildman–Crippen LogP) is 3.64. The summed E-state index contributed by atoms with van der Waals surface area (Å²) in [6, 6.07) is 7.30. The SMILES string of the molecule is CC(O)c1ccc(NC(=O)N2CCC(C(C)(C)C)C2)cc1. The van der Waals surface area contributed by atoms with Crippen molar-refractivity contribution in [3.63, 3.8) is 0 Å². The Morgan fingerprint density at radius 1 is 1.33 bits per heavy atom. The van der Waals surface area contributed by atoms with Gasteiger partial charge in [-0.1, -0.05) is 32.9 Å². The highest BCUT2D eigenvalue weighted by Crippen LogP contribution is 2.33. The molecule has 1 heterocycles. The molecule has 1 aromatic rings. The number of anilines is 1. The molecule has 2 rings (SSSR count). The van der Waals surface area contributed by atoms with Crippen molar-refractivity contribution in [1.29, 1.82) is 0 Å². The fourth-order valence-corrected chi connectivity index (χ4v) is 2.70. The van der Waals surface area contributed by atoms with Gasteiger partial charge in [-0.05, 0) is 42.4 Å². The number of carbonyl (C=O) groups is 1. The molecule has 2 atom stereocenters. The van der Waals surface area contributed by atoms with Gasteiger partial charge < -0.3 is 15.3 Å². The fraction of sp³-hybridized carbons (Fsp3) is 0.588. The molecule has 1 aromatic carbocycles.